The molecule has 12 heteroatoms. The van der Waals surface area contributed by atoms with Gasteiger partial charge in [-0.25, -0.2) is 13.4 Å². The van der Waals surface area contributed by atoms with E-state index >= 15 is 0 Å². The third-order valence-electron chi connectivity index (χ3n) is 6.06. The van der Waals surface area contributed by atoms with Crippen LogP contribution in [0.5, 0.6) is 5.75 Å². The lowest BCUT2D eigenvalue weighted by atomic mass is 10.0. The number of ether oxygens (including phenoxy) is 1. The summed E-state index contributed by atoms with van der Waals surface area (Å²) in [6.45, 7) is 7.78. The minimum atomic E-state index is -3.67. The van der Waals surface area contributed by atoms with Crippen LogP contribution in [-0.2, 0) is 10.0 Å². The van der Waals surface area contributed by atoms with Gasteiger partial charge >= 0.3 is 0 Å². The van der Waals surface area contributed by atoms with Gasteiger partial charge in [0.25, 0.3) is 11.8 Å². The number of fused-ring (bicyclic) bond motifs is 1. The number of pyridine rings is 1. The maximum absolute atomic E-state index is 13.0. The van der Waals surface area contributed by atoms with Crippen molar-refractivity contribution in [1.82, 2.24) is 20.5 Å². The van der Waals surface area contributed by atoms with Crippen LogP contribution in [0.2, 0.25) is 0 Å². The molecule has 0 spiro atoms. The maximum atomic E-state index is 13.0. The molecule has 4 rings (SSSR count). The summed E-state index contributed by atoms with van der Waals surface area (Å²) in [5.74, 6) is 0.577. The normalized spacial score (nSPS) is 12.1. The number of sulfonamides is 1. The molecule has 0 bridgehead atoms. The summed E-state index contributed by atoms with van der Waals surface area (Å²) in [6, 6.07) is 6.79. The summed E-state index contributed by atoms with van der Waals surface area (Å²) in [4.78, 5) is 17.8. The van der Waals surface area contributed by atoms with Gasteiger partial charge in [0.1, 0.15) is 17.0 Å². The highest BCUT2D eigenvalue weighted by Crippen LogP contribution is 2.41. The lowest BCUT2D eigenvalue weighted by Crippen LogP contribution is -2.25. The van der Waals surface area contributed by atoms with Crippen molar-refractivity contribution in [2.75, 3.05) is 31.3 Å². The van der Waals surface area contributed by atoms with Crippen LogP contribution in [0, 0.1) is 6.92 Å². The number of nitrogens with one attached hydrogen (secondary N) is 1. The predicted octanol–water partition coefficient (Wildman–Crippen LogP) is 4.43. The van der Waals surface area contributed by atoms with Crippen LogP contribution in [0.1, 0.15) is 42.7 Å². The Hall–Kier alpha value is -4.19. The number of hydrogen-bond donors (Lipinski definition) is 1. The third kappa shape index (κ3) is 4.86. The molecule has 11 nitrogen and oxygen atoms in total. The second kappa shape index (κ2) is 10.3. The van der Waals surface area contributed by atoms with Gasteiger partial charge in [-0.15, -0.1) is 10.2 Å². The fourth-order valence-electron chi connectivity index (χ4n) is 3.95. The van der Waals surface area contributed by atoms with Crippen molar-refractivity contribution in [2.45, 2.75) is 27.7 Å². The van der Waals surface area contributed by atoms with Crippen LogP contribution >= 0.6 is 0 Å². The number of aromatic nitrogens is 3. The highest BCUT2D eigenvalue weighted by molar-refractivity contribution is 7.92. The molecule has 0 radical (unpaired) electrons. The number of furan rings is 1. The molecule has 0 aliphatic heterocycles. The Bertz CT molecular complexity index is 1670. The molecule has 0 saturated heterocycles. The topological polar surface area (TPSA) is 141 Å². The summed E-state index contributed by atoms with van der Waals surface area (Å²) >= 11 is 0. The number of anilines is 1. The van der Waals surface area contributed by atoms with Crippen molar-refractivity contribution in [3.05, 3.63) is 47.5 Å². The summed E-state index contributed by atoms with van der Waals surface area (Å²) in [5.41, 5.74) is 3.22. The Morgan fingerprint density at radius 2 is 1.95 bits per heavy atom. The highest BCUT2D eigenvalue weighted by Gasteiger charge is 2.28. The Kier molecular flexibility index (Phi) is 7.27. The number of carbonyl (C=O) groups is 1. The van der Waals surface area contributed by atoms with Crippen molar-refractivity contribution in [3.8, 4) is 28.7 Å². The van der Waals surface area contributed by atoms with Gasteiger partial charge in [-0.3, -0.25) is 9.10 Å². The molecule has 1 amide bonds. The van der Waals surface area contributed by atoms with E-state index in [1.807, 2.05) is 26.8 Å². The van der Waals surface area contributed by atoms with Crippen molar-refractivity contribution in [1.29, 1.82) is 0 Å². The fourth-order valence-corrected chi connectivity index (χ4v) is 4.46. The minimum absolute atomic E-state index is 0.0297. The average molecular weight is 540 g/mol. The zero-order valence-corrected chi connectivity index (χ0v) is 23.1. The van der Waals surface area contributed by atoms with Gasteiger partial charge < -0.3 is 18.9 Å². The van der Waals surface area contributed by atoms with Crippen LogP contribution in [0.25, 0.3) is 39.5 Å². The van der Waals surface area contributed by atoms with Crippen LogP contribution in [-0.4, -0.2) is 56.5 Å². The Labute approximate surface area is 220 Å². The predicted molar refractivity (Wildman–Crippen MR) is 145 cm³/mol. The third-order valence-corrected chi connectivity index (χ3v) is 7.25. The van der Waals surface area contributed by atoms with Gasteiger partial charge in [-0.05, 0) is 44.5 Å². The molecule has 3 aromatic heterocycles. The first-order valence-electron chi connectivity index (χ1n) is 11.8. The molecule has 0 aliphatic carbocycles. The summed E-state index contributed by atoms with van der Waals surface area (Å²) < 4.78 is 43.7. The zero-order valence-electron chi connectivity index (χ0n) is 22.2. The van der Waals surface area contributed by atoms with E-state index < -0.39 is 15.9 Å². The van der Waals surface area contributed by atoms with E-state index in [1.165, 1.54) is 14.1 Å². The number of rotatable bonds is 8. The van der Waals surface area contributed by atoms with E-state index in [-0.39, 0.29) is 22.8 Å². The molecule has 200 valence electrons. The molecule has 0 fully saturated rings. The first kappa shape index (κ1) is 26.9. The number of nitrogens with zero attached hydrogens (tertiary/aromatic N) is 4. The van der Waals surface area contributed by atoms with Crippen molar-refractivity contribution >= 4 is 38.2 Å². The SMILES string of the molecule is CC=C(C)c1nc(-c2cc3c(C(=O)NC)c(-c4nnc(C)o4)oc3cc2N(C)S(C)(=O)=O)ccc1OCC. The lowest BCUT2D eigenvalue weighted by Gasteiger charge is -2.21. The first-order valence-corrected chi connectivity index (χ1v) is 13.7. The molecule has 38 heavy (non-hydrogen) atoms. The number of allylic oxidation sites excluding steroid dienone is 2. The van der Waals surface area contributed by atoms with Crippen molar-refractivity contribution in [2.24, 2.45) is 0 Å². The van der Waals surface area contributed by atoms with E-state index in [0.29, 0.717) is 46.3 Å². The molecule has 3 heterocycles. The molecule has 0 aliphatic rings. The van der Waals surface area contributed by atoms with Gasteiger partial charge in [0.2, 0.25) is 21.7 Å². The van der Waals surface area contributed by atoms with Crippen LogP contribution in [0.3, 0.4) is 0 Å². The maximum Gasteiger partial charge on any atom is 0.284 e. The number of aryl methyl sites for hydroxylation is 1. The van der Waals surface area contributed by atoms with E-state index in [0.717, 1.165) is 16.1 Å². The summed E-state index contributed by atoms with van der Waals surface area (Å²) in [7, 11) is -0.729. The molecule has 0 unspecified atom stereocenters. The van der Waals surface area contributed by atoms with Gasteiger partial charge in [-0.1, -0.05) is 6.08 Å². The molecule has 4 aromatic rings. The Balaban J connectivity index is 2.09. The Morgan fingerprint density at radius 3 is 2.53 bits per heavy atom. The summed E-state index contributed by atoms with van der Waals surface area (Å²) in [5, 5.41) is 10.9. The number of carbonyl (C=O) groups excluding carboxylic acids is 1. The molecular weight excluding hydrogens is 510 g/mol. The highest BCUT2D eigenvalue weighted by atomic mass is 32.2. The standard InChI is InChI=1S/C26H29N5O6S/c1-8-14(3)23-20(35-9-2)11-10-18(28-23)16-12-17-21(13-19(16)31(6)38(7,33)34)37-24(22(17)25(32)27-5)26-30-29-15(4)36-26/h8,10-13H,9H2,1-7H3,(H,27,32). The summed E-state index contributed by atoms with van der Waals surface area (Å²) in [6.07, 6.45) is 3.02. The molecule has 1 N–H and O–H groups in total. The zero-order chi connectivity index (χ0) is 27.8. The van der Waals surface area contributed by atoms with Gasteiger partial charge in [0.05, 0.1) is 29.8 Å². The smallest absolute Gasteiger partial charge is 0.284 e. The van der Waals surface area contributed by atoms with E-state index in [1.54, 1.807) is 31.2 Å². The minimum Gasteiger partial charge on any atom is -0.492 e. The van der Waals surface area contributed by atoms with E-state index in [4.69, 9.17) is 18.6 Å². The van der Waals surface area contributed by atoms with E-state index in [2.05, 4.69) is 15.5 Å². The molecule has 0 saturated carbocycles. The molecule has 1 aromatic carbocycles. The van der Waals surface area contributed by atoms with Crippen LogP contribution in [0.4, 0.5) is 5.69 Å². The second-order valence-corrected chi connectivity index (χ2v) is 10.6. The fraction of sp³-hybridized carbons (Fsp3) is 0.308. The number of amides is 1. The van der Waals surface area contributed by atoms with Crippen molar-refractivity contribution in [3.63, 3.8) is 0 Å². The van der Waals surface area contributed by atoms with Crippen LogP contribution < -0.4 is 14.4 Å². The van der Waals surface area contributed by atoms with E-state index in [9.17, 15) is 13.2 Å². The van der Waals surface area contributed by atoms with Gasteiger partial charge in [0.15, 0.2) is 0 Å². The lowest BCUT2D eigenvalue weighted by molar-refractivity contribution is 0.0964. The molecule has 0 atom stereocenters. The first-order chi connectivity index (χ1) is 18.0. The van der Waals surface area contributed by atoms with Gasteiger partial charge in [0, 0.05) is 38.0 Å². The number of hydrogen-bond acceptors (Lipinski definition) is 9. The largest absolute Gasteiger partial charge is 0.492 e. The molecular formula is C26H29N5O6S. The quantitative estimate of drug-likeness (QED) is 0.344. The van der Waals surface area contributed by atoms with Crippen molar-refractivity contribution < 1.29 is 26.8 Å². The number of benzene rings is 1. The second-order valence-electron chi connectivity index (χ2n) is 8.56. The van der Waals surface area contributed by atoms with Gasteiger partial charge in [-0.2, -0.15) is 0 Å². The Morgan fingerprint density at radius 1 is 1.21 bits per heavy atom. The monoisotopic (exact) mass is 539 g/mol. The average Bonchev–Trinajstić information content (AvgIpc) is 3.49. The van der Waals surface area contributed by atoms with Crippen LogP contribution in [0.15, 0.2) is 39.2 Å².